The first-order chi connectivity index (χ1) is 8.63. The van der Waals surface area contributed by atoms with E-state index in [1.165, 1.54) is 5.56 Å². The molecule has 4 nitrogen and oxygen atoms in total. The van der Waals surface area contributed by atoms with Crippen LogP contribution in [0.25, 0.3) is 0 Å². The van der Waals surface area contributed by atoms with Gasteiger partial charge in [0.25, 0.3) is 0 Å². The van der Waals surface area contributed by atoms with E-state index in [1.807, 2.05) is 19.1 Å². The molecule has 0 aliphatic carbocycles. The third-order valence-corrected chi connectivity index (χ3v) is 2.62. The molecule has 0 saturated carbocycles. The molecule has 18 heavy (non-hydrogen) atoms. The minimum atomic E-state index is 0.499. The van der Waals surface area contributed by atoms with Crippen molar-refractivity contribution in [2.45, 2.75) is 13.8 Å². The van der Waals surface area contributed by atoms with Crippen molar-refractivity contribution in [2.24, 2.45) is 5.10 Å². The number of ether oxygens (including phenoxy) is 1. The van der Waals surface area contributed by atoms with Gasteiger partial charge in [-0.15, -0.1) is 0 Å². The summed E-state index contributed by atoms with van der Waals surface area (Å²) in [5.41, 5.74) is 6.01. The van der Waals surface area contributed by atoms with E-state index in [9.17, 15) is 0 Å². The highest BCUT2D eigenvalue weighted by Crippen LogP contribution is 2.03. The number of hydrogen-bond acceptors (Lipinski definition) is 3. The molecule has 5 heteroatoms. The molecule has 0 unspecified atom stereocenters. The van der Waals surface area contributed by atoms with Gasteiger partial charge in [-0.05, 0) is 31.6 Å². The molecular formula is C13H19N3OS. The largest absolute Gasteiger partial charge is 0.383 e. The van der Waals surface area contributed by atoms with Gasteiger partial charge in [0, 0.05) is 13.7 Å². The third kappa shape index (κ3) is 5.25. The van der Waals surface area contributed by atoms with Crippen molar-refractivity contribution in [3.8, 4) is 0 Å². The lowest BCUT2D eigenvalue weighted by Gasteiger charge is -2.07. The van der Waals surface area contributed by atoms with E-state index in [-0.39, 0.29) is 0 Å². The van der Waals surface area contributed by atoms with Gasteiger partial charge in [-0.3, -0.25) is 5.43 Å². The van der Waals surface area contributed by atoms with E-state index in [0.29, 0.717) is 18.3 Å². The van der Waals surface area contributed by atoms with Gasteiger partial charge < -0.3 is 10.1 Å². The SMILES string of the molecule is COCCNC(=S)N/N=C(/C)c1ccc(C)cc1. The van der Waals surface area contributed by atoms with Crippen molar-refractivity contribution in [1.82, 2.24) is 10.7 Å². The molecule has 0 aliphatic rings. The van der Waals surface area contributed by atoms with Gasteiger partial charge in [-0.1, -0.05) is 29.8 Å². The minimum absolute atomic E-state index is 0.499. The number of methoxy groups -OCH3 is 1. The Morgan fingerprint density at radius 1 is 1.33 bits per heavy atom. The Morgan fingerprint density at radius 3 is 2.61 bits per heavy atom. The van der Waals surface area contributed by atoms with Crippen LogP contribution in [-0.4, -0.2) is 31.1 Å². The normalized spacial score (nSPS) is 11.2. The third-order valence-electron chi connectivity index (χ3n) is 2.39. The summed E-state index contributed by atoms with van der Waals surface area (Å²) < 4.78 is 4.91. The van der Waals surface area contributed by atoms with Crippen LogP contribution in [0.4, 0.5) is 0 Å². The standard InChI is InChI=1S/C13H19N3OS/c1-10-4-6-12(7-5-10)11(2)15-16-13(18)14-8-9-17-3/h4-7H,8-9H2,1-3H3,(H2,14,16,18)/b15-11-. The summed E-state index contributed by atoms with van der Waals surface area (Å²) in [5.74, 6) is 0. The van der Waals surface area contributed by atoms with E-state index in [1.54, 1.807) is 7.11 Å². The summed E-state index contributed by atoms with van der Waals surface area (Å²) >= 11 is 5.07. The molecule has 0 bridgehead atoms. The lowest BCUT2D eigenvalue weighted by molar-refractivity contribution is 0.204. The van der Waals surface area contributed by atoms with Crippen LogP contribution in [0.3, 0.4) is 0 Å². The number of nitrogens with zero attached hydrogens (tertiary/aromatic N) is 1. The van der Waals surface area contributed by atoms with Crippen molar-refractivity contribution in [3.05, 3.63) is 35.4 Å². The van der Waals surface area contributed by atoms with Gasteiger partial charge in [0.15, 0.2) is 5.11 Å². The molecule has 1 aromatic rings. The maximum Gasteiger partial charge on any atom is 0.187 e. The molecule has 0 aromatic heterocycles. The summed E-state index contributed by atoms with van der Waals surface area (Å²) in [7, 11) is 1.65. The molecular weight excluding hydrogens is 246 g/mol. The number of aryl methyl sites for hydroxylation is 1. The van der Waals surface area contributed by atoms with Gasteiger partial charge in [-0.25, -0.2) is 0 Å². The zero-order valence-electron chi connectivity index (χ0n) is 11.0. The number of hydrogen-bond donors (Lipinski definition) is 2. The highest BCUT2D eigenvalue weighted by Gasteiger charge is 1.97. The molecule has 0 spiro atoms. The fourth-order valence-electron chi connectivity index (χ4n) is 1.30. The molecule has 0 radical (unpaired) electrons. The minimum Gasteiger partial charge on any atom is -0.383 e. The number of benzene rings is 1. The van der Waals surface area contributed by atoms with Crippen molar-refractivity contribution >= 4 is 23.0 Å². The molecule has 98 valence electrons. The van der Waals surface area contributed by atoms with E-state index in [4.69, 9.17) is 17.0 Å². The van der Waals surface area contributed by atoms with Crippen LogP contribution < -0.4 is 10.7 Å². The Bertz CT molecular complexity index is 415. The monoisotopic (exact) mass is 265 g/mol. The molecule has 0 aliphatic heterocycles. The summed E-state index contributed by atoms with van der Waals surface area (Å²) in [4.78, 5) is 0. The summed E-state index contributed by atoms with van der Waals surface area (Å²) in [6.07, 6.45) is 0. The van der Waals surface area contributed by atoms with E-state index in [0.717, 1.165) is 11.3 Å². The van der Waals surface area contributed by atoms with E-state index < -0.39 is 0 Å². The van der Waals surface area contributed by atoms with Gasteiger partial charge in [0.1, 0.15) is 0 Å². The van der Waals surface area contributed by atoms with Crippen LogP contribution in [0.5, 0.6) is 0 Å². The average Bonchev–Trinajstić information content (AvgIpc) is 2.37. The fourth-order valence-corrected chi connectivity index (χ4v) is 1.45. The Morgan fingerprint density at radius 2 is 2.00 bits per heavy atom. The Hall–Kier alpha value is -1.46. The first-order valence-electron chi connectivity index (χ1n) is 5.77. The molecule has 0 amide bonds. The second-order valence-corrected chi connectivity index (χ2v) is 4.33. The lowest BCUT2D eigenvalue weighted by atomic mass is 10.1. The predicted molar refractivity (Wildman–Crippen MR) is 79.0 cm³/mol. The molecule has 2 N–H and O–H groups in total. The van der Waals surface area contributed by atoms with Crippen molar-refractivity contribution in [1.29, 1.82) is 0 Å². The average molecular weight is 265 g/mol. The van der Waals surface area contributed by atoms with Gasteiger partial charge in [0.2, 0.25) is 0 Å². The van der Waals surface area contributed by atoms with E-state index >= 15 is 0 Å². The quantitative estimate of drug-likeness (QED) is 0.369. The molecule has 0 heterocycles. The summed E-state index contributed by atoms with van der Waals surface area (Å²) in [5, 5.41) is 7.71. The fraction of sp³-hybridized carbons (Fsp3) is 0.385. The zero-order valence-corrected chi connectivity index (χ0v) is 11.8. The van der Waals surface area contributed by atoms with Crippen LogP contribution in [-0.2, 0) is 4.74 Å². The Balaban J connectivity index is 2.46. The maximum absolute atomic E-state index is 5.07. The number of nitrogens with one attached hydrogen (secondary N) is 2. The van der Waals surface area contributed by atoms with E-state index in [2.05, 4.69) is 34.9 Å². The van der Waals surface area contributed by atoms with Crippen molar-refractivity contribution in [3.63, 3.8) is 0 Å². The summed E-state index contributed by atoms with van der Waals surface area (Å²) in [6, 6.07) is 8.20. The van der Waals surface area contributed by atoms with Crippen molar-refractivity contribution < 1.29 is 4.74 Å². The summed E-state index contributed by atoms with van der Waals surface area (Å²) in [6.45, 7) is 5.28. The van der Waals surface area contributed by atoms with Crippen LogP contribution >= 0.6 is 12.2 Å². The highest BCUT2D eigenvalue weighted by atomic mass is 32.1. The van der Waals surface area contributed by atoms with Gasteiger partial charge >= 0.3 is 0 Å². The smallest absolute Gasteiger partial charge is 0.187 e. The van der Waals surface area contributed by atoms with Crippen LogP contribution in [0.2, 0.25) is 0 Å². The lowest BCUT2D eigenvalue weighted by Crippen LogP contribution is -2.34. The molecule has 1 rings (SSSR count). The second-order valence-electron chi connectivity index (χ2n) is 3.92. The molecule has 0 atom stereocenters. The predicted octanol–water partition coefficient (Wildman–Crippen LogP) is 1.83. The first-order valence-corrected chi connectivity index (χ1v) is 6.18. The zero-order chi connectivity index (χ0) is 13.4. The van der Waals surface area contributed by atoms with Crippen molar-refractivity contribution in [2.75, 3.05) is 20.3 Å². The first kappa shape index (κ1) is 14.6. The molecule has 1 aromatic carbocycles. The highest BCUT2D eigenvalue weighted by molar-refractivity contribution is 7.80. The number of hydrazone groups is 1. The molecule has 0 fully saturated rings. The van der Waals surface area contributed by atoms with Crippen LogP contribution in [0, 0.1) is 6.92 Å². The number of thiocarbonyl (C=S) groups is 1. The van der Waals surface area contributed by atoms with Crippen LogP contribution in [0.1, 0.15) is 18.1 Å². The molecule has 0 saturated heterocycles. The Kier molecular flexibility index (Phi) is 6.32. The van der Waals surface area contributed by atoms with Gasteiger partial charge in [0.05, 0.1) is 12.3 Å². The number of rotatable bonds is 5. The Labute approximate surface area is 113 Å². The maximum atomic E-state index is 5.07. The topological polar surface area (TPSA) is 45.6 Å². The second kappa shape index (κ2) is 7.79. The van der Waals surface area contributed by atoms with Crippen LogP contribution in [0.15, 0.2) is 29.4 Å². The van der Waals surface area contributed by atoms with Gasteiger partial charge in [-0.2, -0.15) is 5.10 Å².